The number of aryl methyl sites for hydroxylation is 1. The number of hydrogen-bond donors (Lipinski definition) is 2. The molecule has 1 saturated heterocycles. The van der Waals surface area contributed by atoms with Gasteiger partial charge in [0.1, 0.15) is 0 Å². The normalized spacial score (nSPS) is 15.9. The molecule has 92 valence electrons. The van der Waals surface area contributed by atoms with E-state index in [2.05, 4.69) is 41.5 Å². The number of hydrogen-bond acceptors (Lipinski definition) is 3. The Hall–Kier alpha value is -1.75. The van der Waals surface area contributed by atoms with Crippen molar-refractivity contribution < 1.29 is 4.79 Å². The lowest BCUT2D eigenvalue weighted by molar-refractivity contribution is 0.194. The van der Waals surface area contributed by atoms with Gasteiger partial charge in [-0.3, -0.25) is 5.43 Å². The number of amides is 2. The maximum atomic E-state index is 11.3. The summed E-state index contributed by atoms with van der Waals surface area (Å²) in [6.07, 6.45) is 0. The van der Waals surface area contributed by atoms with Crippen LogP contribution in [-0.2, 0) is 0 Å². The molecule has 0 unspecified atom stereocenters. The number of nitrogens with two attached hydrogens (primary N) is 1. The van der Waals surface area contributed by atoms with Gasteiger partial charge in [0.25, 0.3) is 0 Å². The summed E-state index contributed by atoms with van der Waals surface area (Å²) in [5, 5.41) is 0. The van der Waals surface area contributed by atoms with Crippen molar-refractivity contribution in [3.63, 3.8) is 0 Å². The van der Waals surface area contributed by atoms with E-state index in [0.717, 1.165) is 13.1 Å². The molecule has 1 aromatic carbocycles. The van der Waals surface area contributed by atoms with Gasteiger partial charge in [-0.05, 0) is 24.6 Å². The first-order valence-corrected chi connectivity index (χ1v) is 5.78. The summed E-state index contributed by atoms with van der Waals surface area (Å²) in [6.45, 7) is 5.18. The Balaban J connectivity index is 1.97. The quantitative estimate of drug-likeness (QED) is 0.427. The third-order valence-electron chi connectivity index (χ3n) is 3.06. The molecule has 0 aliphatic carbocycles. The van der Waals surface area contributed by atoms with Gasteiger partial charge < -0.3 is 9.80 Å². The van der Waals surface area contributed by atoms with E-state index in [0.29, 0.717) is 13.1 Å². The second kappa shape index (κ2) is 5.05. The van der Waals surface area contributed by atoms with E-state index >= 15 is 0 Å². The summed E-state index contributed by atoms with van der Waals surface area (Å²) in [5.41, 5.74) is 4.64. The maximum Gasteiger partial charge on any atom is 0.331 e. The molecular weight excluding hydrogens is 216 g/mol. The smallest absolute Gasteiger partial charge is 0.331 e. The molecule has 1 heterocycles. The zero-order chi connectivity index (χ0) is 12.3. The molecule has 3 N–H and O–H groups in total. The lowest BCUT2D eigenvalue weighted by Crippen LogP contribution is -2.53. The fourth-order valence-corrected chi connectivity index (χ4v) is 2.08. The number of urea groups is 1. The summed E-state index contributed by atoms with van der Waals surface area (Å²) in [5.74, 6) is 5.11. The predicted octanol–water partition coefficient (Wildman–Crippen LogP) is 0.700. The lowest BCUT2D eigenvalue weighted by Gasteiger charge is -2.35. The van der Waals surface area contributed by atoms with Crippen molar-refractivity contribution in [2.24, 2.45) is 5.84 Å². The first kappa shape index (κ1) is 11.7. The molecule has 0 radical (unpaired) electrons. The number of nitrogens with one attached hydrogen (secondary N) is 1. The topological polar surface area (TPSA) is 61.6 Å². The van der Waals surface area contributed by atoms with Crippen molar-refractivity contribution in [3.05, 3.63) is 29.8 Å². The second-order valence-corrected chi connectivity index (χ2v) is 4.26. The molecule has 0 aromatic heterocycles. The first-order chi connectivity index (χ1) is 8.20. The highest BCUT2D eigenvalue weighted by Crippen LogP contribution is 2.17. The molecule has 5 heteroatoms. The Morgan fingerprint density at radius 3 is 2.59 bits per heavy atom. The molecule has 17 heavy (non-hydrogen) atoms. The second-order valence-electron chi connectivity index (χ2n) is 4.26. The van der Waals surface area contributed by atoms with Crippen LogP contribution in [0.2, 0.25) is 0 Å². The van der Waals surface area contributed by atoms with E-state index in [9.17, 15) is 4.79 Å². The van der Waals surface area contributed by atoms with Crippen LogP contribution in [0.5, 0.6) is 0 Å². The summed E-state index contributed by atoms with van der Waals surface area (Å²) in [7, 11) is 0. The number of nitrogens with zero attached hydrogens (tertiary/aromatic N) is 2. The lowest BCUT2D eigenvalue weighted by atomic mass is 10.2. The number of piperazine rings is 1. The monoisotopic (exact) mass is 234 g/mol. The van der Waals surface area contributed by atoms with Crippen LogP contribution < -0.4 is 16.2 Å². The molecule has 1 aliphatic heterocycles. The number of rotatable bonds is 1. The molecule has 1 fully saturated rings. The molecule has 0 atom stereocenters. The van der Waals surface area contributed by atoms with Gasteiger partial charge in [-0.15, -0.1) is 0 Å². The molecule has 2 amide bonds. The number of carbonyl (C=O) groups is 1. The van der Waals surface area contributed by atoms with Crippen LogP contribution in [0.3, 0.4) is 0 Å². The van der Waals surface area contributed by atoms with Crippen LogP contribution in [0.15, 0.2) is 24.3 Å². The summed E-state index contributed by atoms with van der Waals surface area (Å²) >= 11 is 0. The molecule has 1 aliphatic rings. The van der Waals surface area contributed by atoms with Gasteiger partial charge in [-0.25, -0.2) is 10.6 Å². The SMILES string of the molecule is Cc1cccc(N2CCN(C(=O)NN)CC2)c1. The summed E-state index contributed by atoms with van der Waals surface area (Å²) in [4.78, 5) is 15.3. The van der Waals surface area contributed by atoms with E-state index in [1.165, 1.54) is 11.3 Å². The van der Waals surface area contributed by atoms with Gasteiger partial charge in [-0.2, -0.15) is 0 Å². The van der Waals surface area contributed by atoms with Crippen LogP contribution in [-0.4, -0.2) is 37.1 Å². The minimum Gasteiger partial charge on any atom is -0.368 e. The van der Waals surface area contributed by atoms with E-state index in [1.807, 2.05) is 0 Å². The molecular formula is C12H18N4O. The van der Waals surface area contributed by atoms with E-state index in [-0.39, 0.29) is 6.03 Å². The number of anilines is 1. The zero-order valence-electron chi connectivity index (χ0n) is 10.0. The van der Waals surface area contributed by atoms with Crippen LogP contribution in [0.25, 0.3) is 0 Å². The van der Waals surface area contributed by atoms with Gasteiger partial charge in [0.05, 0.1) is 0 Å². The third kappa shape index (κ3) is 2.68. The predicted molar refractivity (Wildman–Crippen MR) is 67.7 cm³/mol. The van der Waals surface area contributed by atoms with Gasteiger partial charge in [0.15, 0.2) is 0 Å². The molecule has 0 bridgehead atoms. The van der Waals surface area contributed by atoms with Gasteiger partial charge in [-0.1, -0.05) is 12.1 Å². The Labute approximate surface area is 101 Å². The average molecular weight is 234 g/mol. The van der Waals surface area contributed by atoms with Crippen molar-refractivity contribution in [2.45, 2.75) is 6.92 Å². The summed E-state index contributed by atoms with van der Waals surface area (Å²) in [6, 6.07) is 8.21. The van der Waals surface area contributed by atoms with Gasteiger partial charge >= 0.3 is 6.03 Å². The minimum absolute atomic E-state index is 0.200. The van der Waals surface area contributed by atoms with Gasteiger partial charge in [0, 0.05) is 31.9 Å². The zero-order valence-corrected chi connectivity index (χ0v) is 10.0. The van der Waals surface area contributed by atoms with Crippen molar-refractivity contribution in [3.8, 4) is 0 Å². The standard InChI is InChI=1S/C12H18N4O/c1-10-3-2-4-11(9-10)15-5-7-16(8-6-15)12(17)14-13/h2-4,9H,5-8,13H2,1H3,(H,14,17). The molecule has 2 rings (SSSR count). The minimum atomic E-state index is -0.200. The van der Waals surface area contributed by atoms with E-state index in [4.69, 9.17) is 5.84 Å². The Bertz CT molecular complexity index is 399. The number of benzene rings is 1. The first-order valence-electron chi connectivity index (χ1n) is 5.78. The highest BCUT2D eigenvalue weighted by Gasteiger charge is 2.20. The highest BCUT2D eigenvalue weighted by atomic mass is 16.2. The Morgan fingerprint density at radius 2 is 2.00 bits per heavy atom. The fraction of sp³-hybridized carbons (Fsp3) is 0.417. The summed E-state index contributed by atoms with van der Waals surface area (Å²) < 4.78 is 0. The van der Waals surface area contributed by atoms with Crippen LogP contribution in [0.4, 0.5) is 10.5 Å². The number of carbonyl (C=O) groups excluding carboxylic acids is 1. The Morgan fingerprint density at radius 1 is 1.29 bits per heavy atom. The van der Waals surface area contributed by atoms with Crippen LogP contribution >= 0.6 is 0 Å². The highest BCUT2D eigenvalue weighted by molar-refractivity contribution is 5.73. The largest absolute Gasteiger partial charge is 0.368 e. The van der Waals surface area contributed by atoms with Crippen molar-refractivity contribution in [2.75, 3.05) is 31.1 Å². The Kier molecular flexibility index (Phi) is 3.49. The molecule has 1 aromatic rings. The van der Waals surface area contributed by atoms with Crippen LogP contribution in [0.1, 0.15) is 5.56 Å². The van der Waals surface area contributed by atoms with Crippen molar-refractivity contribution in [1.82, 2.24) is 10.3 Å². The molecule has 0 saturated carbocycles. The third-order valence-corrected chi connectivity index (χ3v) is 3.06. The maximum absolute atomic E-state index is 11.3. The average Bonchev–Trinajstić information content (AvgIpc) is 2.38. The van der Waals surface area contributed by atoms with Crippen LogP contribution in [0, 0.1) is 6.92 Å². The molecule has 5 nitrogen and oxygen atoms in total. The van der Waals surface area contributed by atoms with E-state index in [1.54, 1.807) is 4.90 Å². The van der Waals surface area contributed by atoms with Crippen molar-refractivity contribution in [1.29, 1.82) is 0 Å². The molecule has 0 spiro atoms. The number of hydrazine groups is 1. The van der Waals surface area contributed by atoms with Crippen molar-refractivity contribution >= 4 is 11.7 Å². The van der Waals surface area contributed by atoms with Gasteiger partial charge in [0.2, 0.25) is 0 Å². The fourth-order valence-electron chi connectivity index (χ4n) is 2.08. The van der Waals surface area contributed by atoms with E-state index < -0.39 is 0 Å².